The number of fused-ring (bicyclic) bond motifs is 4. The minimum atomic E-state index is -0.791. The van der Waals surface area contributed by atoms with Gasteiger partial charge in [0.15, 0.2) is 0 Å². The summed E-state index contributed by atoms with van der Waals surface area (Å²) >= 11 is 0. The molecule has 2 bridgehead atoms. The Morgan fingerprint density at radius 3 is 2.73 bits per heavy atom. The second kappa shape index (κ2) is 10.7. The summed E-state index contributed by atoms with van der Waals surface area (Å²) in [6.07, 6.45) is 4.67. The van der Waals surface area contributed by atoms with Gasteiger partial charge in [-0.1, -0.05) is 6.08 Å². The van der Waals surface area contributed by atoms with Gasteiger partial charge in [-0.05, 0) is 47.9 Å². The number of hydrogen-bond acceptors (Lipinski definition) is 6. The highest BCUT2D eigenvalue weighted by Gasteiger charge is 2.54. The molecule has 0 saturated carbocycles. The van der Waals surface area contributed by atoms with Crippen molar-refractivity contribution >= 4 is 22.4 Å². The van der Waals surface area contributed by atoms with Gasteiger partial charge in [0, 0.05) is 48.0 Å². The van der Waals surface area contributed by atoms with Gasteiger partial charge in [0.2, 0.25) is 5.78 Å². The summed E-state index contributed by atoms with van der Waals surface area (Å²) in [7, 11) is 1.61. The molecule has 3 saturated heterocycles. The van der Waals surface area contributed by atoms with Crippen LogP contribution >= 0.6 is 0 Å². The number of carbonyl (C=O) groups is 1. The van der Waals surface area contributed by atoms with Crippen LogP contribution in [0.4, 0.5) is 5.69 Å². The van der Waals surface area contributed by atoms with E-state index in [2.05, 4.69) is 11.6 Å². The number of carbonyl (C=O) groups excluding carboxylic acids is 1. The Balaban J connectivity index is 0.00000320. The molecule has 3 aliphatic rings. The van der Waals surface area contributed by atoms with Gasteiger partial charge in [0.05, 0.1) is 30.6 Å². The highest BCUT2D eigenvalue weighted by molar-refractivity contribution is 5.97. The van der Waals surface area contributed by atoms with Crippen LogP contribution in [0.3, 0.4) is 0 Å². The average molecular weight is 568 g/mol. The standard InChI is InChI=1S/C28H30N3O5.BrH/c1-3-18-16-31(17-27(32)19-4-6-21(7-5-19)30(34)35)13-11-20(18)14-26(31)28(33)23-10-12-29-25-9-8-22(36-2)15-24(23)25;/h3-10,12,15,18,20,26,28,33H,1,11,13-14,16-17H2,2H3;1H/q+1;/p-1/t18?,20?,26?,28-,31?;/m1./s1. The van der Waals surface area contributed by atoms with Crippen LogP contribution in [0, 0.1) is 22.0 Å². The second-order valence-electron chi connectivity index (χ2n) is 9.99. The zero-order valence-electron chi connectivity index (χ0n) is 20.6. The topological polar surface area (TPSA) is 103 Å². The zero-order chi connectivity index (χ0) is 25.4. The normalized spacial score (nSPS) is 25.2. The molecule has 0 spiro atoms. The molecule has 3 fully saturated rings. The Morgan fingerprint density at radius 2 is 2.05 bits per heavy atom. The third-order valence-corrected chi connectivity index (χ3v) is 8.20. The van der Waals surface area contributed by atoms with Crippen LogP contribution in [-0.4, -0.2) is 58.1 Å². The molecule has 0 amide bonds. The molecule has 5 atom stereocenters. The summed E-state index contributed by atoms with van der Waals surface area (Å²) in [6.45, 7) is 5.80. The number of benzene rings is 2. The third-order valence-electron chi connectivity index (χ3n) is 8.20. The lowest BCUT2D eigenvalue weighted by Gasteiger charge is -2.57. The Kier molecular flexibility index (Phi) is 7.77. The highest BCUT2D eigenvalue weighted by Crippen LogP contribution is 2.47. The number of methoxy groups -OCH3 is 1. The van der Waals surface area contributed by atoms with Crippen LogP contribution in [0.5, 0.6) is 5.75 Å². The number of nitro groups is 1. The van der Waals surface area contributed by atoms with E-state index in [1.165, 1.54) is 24.3 Å². The predicted octanol–water partition coefficient (Wildman–Crippen LogP) is 1.48. The molecule has 2 aromatic carbocycles. The SMILES string of the molecule is C=CC1C[N+]2(CC(=O)c3ccc([N+](=O)[O-])cc3)CCC1CC2[C@H](O)c1ccnc2ccc(OC)cc12.[Br-]. The third kappa shape index (κ3) is 4.91. The lowest BCUT2D eigenvalue weighted by Crippen LogP contribution is -3.00. The van der Waals surface area contributed by atoms with Gasteiger partial charge < -0.3 is 31.3 Å². The number of non-ortho nitro benzene ring substituents is 1. The Hall–Kier alpha value is -3.14. The van der Waals surface area contributed by atoms with Crippen LogP contribution in [0.2, 0.25) is 0 Å². The van der Waals surface area contributed by atoms with Crippen molar-refractivity contribution in [1.29, 1.82) is 0 Å². The van der Waals surface area contributed by atoms with E-state index in [9.17, 15) is 20.0 Å². The molecule has 194 valence electrons. The van der Waals surface area contributed by atoms with Crippen LogP contribution in [0.15, 0.2) is 67.4 Å². The molecule has 4 unspecified atom stereocenters. The van der Waals surface area contributed by atoms with Gasteiger partial charge in [-0.15, -0.1) is 6.58 Å². The van der Waals surface area contributed by atoms with E-state index in [0.29, 0.717) is 21.7 Å². The number of aliphatic hydroxyl groups is 1. The highest BCUT2D eigenvalue weighted by atomic mass is 79.9. The number of Topliss-reactive ketones (excluding diaryl/α,β-unsaturated/α-hetero) is 1. The van der Waals surface area contributed by atoms with E-state index in [1.54, 1.807) is 13.3 Å². The van der Waals surface area contributed by atoms with Gasteiger partial charge >= 0.3 is 0 Å². The van der Waals surface area contributed by atoms with Crippen molar-refractivity contribution in [3.05, 3.63) is 88.6 Å². The largest absolute Gasteiger partial charge is 1.00 e. The molecule has 8 nitrogen and oxygen atoms in total. The second-order valence-corrected chi connectivity index (χ2v) is 9.99. The first-order chi connectivity index (χ1) is 17.3. The van der Waals surface area contributed by atoms with E-state index < -0.39 is 11.0 Å². The monoisotopic (exact) mass is 567 g/mol. The molecular formula is C28H30BrN3O5. The number of nitrogens with zero attached hydrogens (tertiary/aromatic N) is 3. The Labute approximate surface area is 226 Å². The fourth-order valence-corrected chi connectivity index (χ4v) is 6.27. The number of piperidine rings is 3. The molecule has 3 aliphatic heterocycles. The van der Waals surface area contributed by atoms with Gasteiger partial charge in [-0.2, -0.15) is 0 Å². The fraction of sp³-hybridized carbons (Fsp3) is 0.357. The number of halogens is 1. The van der Waals surface area contributed by atoms with Gasteiger partial charge in [-0.3, -0.25) is 19.9 Å². The van der Waals surface area contributed by atoms with Crippen LogP contribution < -0.4 is 21.7 Å². The number of nitro benzene ring substituents is 1. The number of pyridine rings is 1. The molecule has 6 rings (SSSR count). The quantitative estimate of drug-likeness (QED) is 0.145. The van der Waals surface area contributed by atoms with Crippen molar-refractivity contribution < 1.29 is 41.0 Å². The maximum absolute atomic E-state index is 13.5. The minimum absolute atomic E-state index is 0. The molecule has 9 heteroatoms. The van der Waals surface area contributed by atoms with Crippen molar-refractivity contribution in [2.24, 2.45) is 11.8 Å². The number of ketones is 1. The number of aliphatic hydroxyl groups excluding tert-OH is 1. The van der Waals surface area contributed by atoms with Crippen LogP contribution in [0.25, 0.3) is 10.9 Å². The zero-order valence-corrected chi connectivity index (χ0v) is 22.2. The number of aromatic nitrogens is 1. The van der Waals surface area contributed by atoms with Crippen molar-refractivity contribution in [3.63, 3.8) is 0 Å². The van der Waals surface area contributed by atoms with Crippen molar-refractivity contribution in [2.45, 2.75) is 25.0 Å². The molecule has 1 aromatic heterocycles. The maximum atomic E-state index is 13.5. The maximum Gasteiger partial charge on any atom is 0.269 e. The van der Waals surface area contributed by atoms with Crippen molar-refractivity contribution in [2.75, 3.05) is 26.7 Å². The summed E-state index contributed by atoms with van der Waals surface area (Å²) in [6, 6.07) is 13.1. The lowest BCUT2D eigenvalue weighted by molar-refractivity contribution is -0.966. The summed E-state index contributed by atoms with van der Waals surface area (Å²) in [4.78, 5) is 28.5. The first kappa shape index (κ1) is 26.9. The van der Waals surface area contributed by atoms with Crippen LogP contribution in [-0.2, 0) is 0 Å². The molecule has 37 heavy (non-hydrogen) atoms. The van der Waals surface area contributed by atoms with E-state index >= 15 is 0 Å². The van der Waals surface area contributed by atoms with E-state index in [1.807, 2.05) is 30.3 Å². The Morgan fingerprint density at radius 1 is 1.30 bits per heavy atom. The predicted molar refractivity (Wildman–Crippen MR) is 136 cm³/mol. The van der Waals surface area contributed by atoms with E-state index in [4.69, 9.17) is 4.74 Å². The Bertz CT molecular complexity index is 1330. The summed E-state index contributed by atoms with van der Waals surface area (Å²) in [5, 5.41) is 23.7. The number of quaternary nitrogens is 1. The summed E-state index contributed by atoms with van der Waals surface area (Å²) in [5.74, 6) is 1.31. The number of ether oxygens (including phenoxy) is 1. The summed E-state index contributed by atoms with van der Waals surface area (Å²) < 4.78 is 5.88. The van der Waals surface area contributed by atoms with E-state index in [0.717, 1.165) is 42.4 Å². The molecule has 1 N–H and O–H groups in total. The average Bonchev–Trinajstić information content (AvgIpc) is 2.91. The van der Waals surface area contributed by atoms with E-state index in [-0.39, 0.29) is 47.0 Å². The van der Waals surface area contributed by atoms with Crippen molar-refractivity contribution in [1.82, 2.24) is 4.98 Å². The first-order valence-corrected chi connectivity index (χ1v) is 12.2. The molecule has 0 radical (unpaired) electrons. The van der Waals surface area contributed by atoms with Gasteiger partial charge in [0.25, 0.3) is 5.69 Å². The first-order valence-electron chi connectivity index (χ1n) is 12.2. The van der Waals surface area contributed by atoms with Gasteiger partial charge in [-0.25, -0.2) is 0 Å². The fourth-order valence-electron chi connectivity index (χ4n) is 6.27. The molecule has 3 aromatic rings. The minimum Gasteiger partial charge on any atom is -1.00 e. The van der Waals surface area contributed by atoms with Crippen molar-refractivity contribution in [3.8, 4) is 5.75 Å². The summed E-state index contributed by atoms with van der Waals surface area (Å²) in [5.41, 5.74) is 1.97. The molecular weight excluding hydrogens is 538 g/mol. The van der Waals surface area contributed by atoms with Gasteiger partial charge in [0.1, 0.15) is 24.4 Å². The lowest BCUT2D eigenvalue weighted by atomic mass is 9.71. The van der Waals surface area contributed by atoms with Crippen LogP contribution in [0.1, 0.15) is 34.9 Å². The number of hydrogen-bond donors (Lipinski definition) is 1. The molecule has 4 heterocycles. The number of rotatable bonds is 8. The smallest absolute Gasteiger partial charge is 0.269 e. The molecule has 0 aliphatic carbocycles.